The second kappa shape index (κ2) is 7.74. The van der Waals surface area contributed by atoms with Gasteiger partial charge in [0.05, 0.1) is 0 Å². The van der Waals surface area contributed by atoms with Crippen LogP contribution in [0.3, 0.4) is 0 Å². The van der Waals surface area contributed by atoms with Crippen LogP contribution in [0.1, 0.15) is 5.56 Å². The Morgan fingerprint density at radius 2 is 1.80 bits per heavy atom. The van der Waals surface area contributed by atoms with Gasteiger partial charge in [0, 0.05) is 31.7 Å². The van der Waals surface area contributed by atoms with Crippen LogP contribution in [0, 0.1) is 0 Å². The van der Waals surface area contributed by atoms with Gasteiger partial charge in [-0.3, -0.25) is 0 Å². The van der Waals surface area contributed by atoms with E-state index in [4.69, 9.17) is 20.0 Å². The minimum atomic E-state index is -3.72. The van der Waals surface area contributed by atoms with Crippen LogP contribution in [-0.4, -0.2) is 13.7 Å². The summed E-state index contributed by atoms with van der Waals surface area (Å²) in [6, 6.07) is 7.93. The van der Waals surface area contributed by atoms with Crippen LogP contribution in [0.2, 0.25) is 5.02 Å². The standard InChI is InChI=1S/C8H8BrCl.Cl2O2S/c9-5-4-7-2-1-3-8(10)6-7;1-5(2,3)4/h1-3,6H,4-5H2;. The molecule has 0 aromatic heterocycles. The highest BCUT2D eigenvalue weighted by atomic mass is 79.9. The maximum Gasteiger partial charge on any atom is 0.317 e. The number of halogens is 4. The van der Waals surface area contributed by atoms with E-state index in [1.165, 1.54) is 5.56 Å². The van der Waals surface area contributed by atoms with Crippen molar-refractivity contribution in [2.75, 3.05) is 5.33 Å². The molecule has 0 unspecified atom stereocenters. The van der Waals surface area contributed by atoms with Crippen molar-refractivity contribution in [3.05, 3.63) is 34.9 Å². The van der Waals surface area contributed by atoms with E-state index in [1.54, 1.807) is 0 Å². The molecule has 0 aliphatic carbocycles. The van der Waals surface area contributed by atoms with Crippen LogP contribution in [0.15, 0.2) is 24.3 Å². The Bertz CT molecular complexity index is 387. The van der Waals surface area contributed by atoms with E-state index in [9.17, 15) is 0 Å². The lowest BCUT2D eigenvalue weighted by Crippen LogP contribution is -1.83. The van der Waals surface area contributed by atoms with Crippen LogP contribution < -0.4 is 0 Å². The third-order valence-electron chi connectivity index (χ3n) is 1.27. The first kappa shape index (κ1) is 15.5. The number of hydrogen-bond acceptors (Lipinski definition) is 2. The lowest BCUT2D eigenvalue weighted by Gasteiger charge is -1.96. The molecule has 0 bridgehead atoms. The summed E-state index contributed by atoms with van der Waals surface area (Å²) in [6.07, 6.45) is 1.04. The summed E-state index contributed by atoms with van der Waals surface area (Å²) < 4.78 is 18.3. The Hall–Kier alpha value is 0.520. The molecule has 15 heavy (non-hydrogen) atoms. The highest BCUT2D eigenvalue weighted by Gasteiger charge is 1.91. The number of benzene rings is 1. The third-order valence-corrected chi connectivity index (χ3v) is 1.90. The van der Waals surface area contributed by atoms with E-state index in [0.29, 0.717) is 0 Å². The molecule has 0 aliphatic rings. The zero-order chi connectivity index (χ0) is 11.9. The van der Waals surface area contributed by atoms with Crippen LogP contribution in [0.4, 0.5) is 0 Å². The van der Waals surface area contributed by atoms with E-state index in [2.05, 4.69) is 43.4 Å². The summed E-state index contributed by atoms with van der Waals surface area (Å²) in [7, 11) is 4.81. The Kier molecular flexibility index (Phi) is 8.01. The van der Waals surface area contributed by atoms with Gasteiger partial charge in [-0.15, -0.1) is 0 Å². The monoisotopic (exact) mass is 352 g/mol. The molecule has 0 saturated carbocycles. The number of aryl methyl sites for hydroxylation is 1. The van der Waals surface area contributed by atoms with Crippen molar-refractivity contribution in [1.82, 2.24) is 0 Å². The zero-order valence-electron chi connectivity index (χ0n) is 7.46. The highest BCUT2D eigenvalue weighted by Crippen LogP contribution is 2.11. The van der Waals surface area contributed by atoms with Crippen molar-refractivity contribution in [2.45, 2.75) is 6.42 Å². The summed E-state index contributed by atoms with van der Waals surface area (Å²) in [5.74, 6) is 0. The predicted molar refractivity (Wildman–Crippen MR) is 69.6 cm³/mol. The maximum atomic E-state index is 9.16. The maximum absolute atomic E-state index is 9.16. The summed E-state index contributed by atoms with van der Waals surface area (Å²) >= 11 is 9.13. The minimum Gasteiger partial charge on any atom is -0.195 e. The van der Waals surface area contributed by atoms with Crippen LogP contribution in [0.5, 0.6) is 0 Å². The first-order valence-corrected chi connectivity index (χ1v) is 8.41. The van der Waals surface area contributed by atoms with Gasteiger partial charge in [0.2, 0.25) is 0 Å². The van der Waals surface area contributed by atoms with E-state index >= 15 is 0 Å². The fourth-order valence-corrected chi connectivity index (χ4v) is 1.47. The van der Waals surface area contributed by atoms with Crippen molar-refractivity contribution in [3.8, 4) is 0 Å². The van der Waals surface area contributed by atoms with E-state index in [0.717, 1.165) is 16.8 Å². The Balaban J connectivity index is 0.000000336. The topological polar surface area (TPSA) is 34.1 Å². The van der Waals surface area contributed by atoms with Gasteiger partial charge >= 0.3 is 8.26 Å². The first-order chi connectivity index (χ1) is 6.83. The first-order valence-electron chi connectivity index (χ1n) is 3.77. The number of hydrogen-bond donors (Lipinski definition) is 0. The molecule has 0 spiro atoms. The Morgan fingerprint density at radius 1 is 1.27 bits per heavy atom. The smallest absolute Gasteiger partial charge is 0.195 e. The molecule has 86 valence electrons. The van der Waals surface area contributed by atoms with Crippen molar-refractivity contribution in [1.29, 1.82) is 0 Å². The molecule has 0 atom stereocenters. The molecule has 1 aromatic rings. The summed E-state index contributed by atoms with van der Waals surface area (Å²) in [5, 5.41) is 1.81. The van der Waals surface area contributed by atoms with E-state index < -0.39 is 8.26 Å². The average Bonchev–Trinajstić information content (AvgIpc) is 2.01. The van der Waals surface area contributed by atoms with E-state index in [-0.39, 0.29) is 0 Å². The molecule has 0 N–H and O–H groups in total. The summed E-state index contributed by atoms with van der Waals surface area (Å²) in [6.45, 7) is 0. The van der Waals surface area contributed by atoms with Crippen LogP contribution in [-0.2, 0) is 14.7 Å². The predicted octanol–water partition coefficient (Wildman–Crippen LogP) is 3.99. The molecule has 1 aromatic carbocycles. The van der Waals surface area contributed by atoms with Crippen molar-refractivity contribution >= 4 is 57.2 Å². The molecule has 0 radical (unpaired) electrons. The SMILES string of the molecule is Clc1cccc(CCBr)c1.O=S(=O)(Cl)Cl. The molecule has 1 rings (SSSR count). The van der Waals surface area contributed by atoms with E-state index in [1.807, 2.05) is 18.2 Å². The lowest BCUT2D eigenvalue weighted by molar-refractivity contribution is 0.621. The highest BCUT2D eigenvalue weighted by molar-refractivity contribution is 9.09. The molecule has 7 heteroatoms. The second-order valence-corrected chi connectivity index (χ2v) is 7.34. The molecule has 0 amide bonds. The average molecular weight is 354 g/mol. The summed E-state index contributed by atoms with van der Waals surface area (Å²) in [5.41, 5.74) is 1.28. The van der Waals surface area contributed by atoms with Crippen molar-refractivity contribution in [3.63, 3.8) is 0 Å². The van der Waals surface area contributed by atoms with Crippen molar-refractivity contribution < 1.29 is 8.42 Å². The van der Waals surface area contributed by atoms with Crippen LogP contribution >= 0.6 is 48.9 Å². The molecule has 0 aliphatic heterocycles. The third kappa shape index (κ3) is 12.5. The molecule has 0 saturated heterocycles. The van der Waals surface area contributed by atoms with Crippen LogP contribution in [0.25, 0.3) is 0 Å². The fourth-order valence-electron chi connectivity index (χ4n) is 0.802. The molecule has 0 fully saturated rings. The van der Waals surface area contributed by atoms with Gasteiger partial charge in [-0.1, -0.05) is 39.7 Å². The quantitative estimate of drug-likeness (QED) is 0.594. The van der Waals surface area contributed by atoms with Gasteiger partial charge in [0.25, 0.3) is 0 Å². The Morgan fingerprint density at radius 3 is 2.20 bits per heavy atom. The zero-order valence-corrected chi connectivity index (χ0v) is 12.1. The van der Waals surface area contributed by atoms with Gasteiger partial charge in [-0.05, 0) is 24.1 Å². The van der Waals surface area contributed by atoms with Crippen molar-refractivity contribution in [2.24, 2.45) is 0 Å². The van der Waals surface area contributed by atoms with Gasteiger partial charge in [-0.2, -0.15) is 8.42 Å². The fraction of sp³-hybridized carbons (Fsp3) is 0.250. The second-order valence-electron chi connectivity index (χ2n) is 2.45. The molecule has 0 heterocycles. The van der Waals surface area contributed by atoms with Gasteiger partial charge in [-0.25, -0.2) is 0 Å². The Labute approximate surface area is 112 Å². The molecular formula is C8H8BrCl3O2S. The normalized spacial score (nSPS) is 10.4. The number of alkyl halides is 1. The molecule has 2 nitrogen and oxygen atoms in total. The molecular weight excluding hydrogens is 346 g/mol. The summed E-state index contributed by atoms with van der Waals surface area (Å²) in [4.78, 5) is 0. The van der Waals surface area contributed by atoms with Gasteiger partial charge in [0.1, 0.15) is 0 Å². The largest absolute Gasteiger partial charge is 0.317 e. The lowest BCUT2D eigenvalue weighted by atomic mass is 10.2. The number of rotatable bonds is 2. The van der Waals surface area contributed by atoms with Gasteiger partial charge < -0.3 is 0 Å². The van der Waals surface area contributed by atoms with Gasteiger partial charge in [0.15, 0.2) is 0 Å². The minimum absolute atomic E-state index is 0.818.